The van der Waals surface area contributed by atoms with Crippen LogP contribution in [0.4, 0.5) is 31.8 Å². The molecular formula is C46H45Cl2F2N9O6. The van der Waals surface area contributed by atoms with E-state index in [1.807, 2.05) is 6.07 Å². The number of carbonyl (C=O) groups excluding carboxylic acids is 1. The Hall–Kier alpha value is -6.56. The van der Waals surface area contributed by atoms with Crippen molar-refractivity contribution < 1.29 is 37.0 Å². The SMILES string of the molecule is COc1cc2ncnc(Nc3cccc(Cl)c3F)c2cc1OC1CCN(C(=O)c2c(C)noc2C)CC1.COc1cc2ncnc(Nc3cccc(Cl)c3F)c2cc1OC1CCNCC1. The zero-order chi connectivity index (χ0) is 45.6. The number of halogens is 4. The summed E-state index contributed by atoms with van der Waals surface area (Å²) in [5, 5.41) is 14.6. The van der Waals surface area contributed by atoms with Crippen molar-refractivity contribution in [2.75, 3.05) is 51.0 Å². The number of aromatic nitrogens is 5. The summed E-state index contributed by atoms with van der Waals surface area (Å²) in [5.74, 6) is 2.44. The minimum Gasteiger partial charge on any atom is -0.493 e. The van der Waals surface area contributed by atoms with Crippen LogP contribution in [0.5, 0.6) is 23.0 Å². The lowest BCUT2D eigenvalue weighted by Gasteiger charge is -2.32. The smallest absolute Gasteiger partial charge is 0.259 e. The quantitative estimate of drug-likeness (QED) is 0.112. The monoisotopic (exact) mass is 927 g/mol. The van der Waals surface area contributed by atoms with Gasteiger partial charge in [0.2, 0.25) is 0 Å². The van der Waals surface area contributed by atoms with Crippen molar-refractivity contribution in [1.29, 1.82) is 0 Å². The Morgan fingerprint density at radius 1 is 0.723 bits per heavy atom. The summed E-state index contributed by atoms with van der Waals surface area (Å²) in [6, 6.07) is 16.6. The predicted octanol–water partition coefficient (Wildman–Crippen LogP) is 9.77. The molecule has 338 valence electrons. The van der Waals surface area contributed by atoms with Gasteiger partial charge in [0, 0.05) is 48.8 Å². The summed E-state index contributed by atoms with van der Waals surface area (Å²) in [6.45, 7) is 6.41. The van der Waals surface area contributed by atoms with Crippen molar-refractivity contribution in [1.82, 2.24) is 35.3 Å². The minimum atomic E-state index is -0.571. The molecule has 5 heterocycles. The van der Waals surface area contributed by atoms with E-state index in [1.54, 1.807) is 75.4 Å². The third-order valence-electron chi connectivity index (χ3n) is 11.1. The fourth-order valence-electron chi connectivity index (χ4n) is 7.68. The van der Waals surface area contributed by atoms with Gasteiger partial charge in [-0.1, -0.05) is 40.5 Å². The molecule has 2 aliphatic heterocycles. The van der Waals surface area contributed by atoms with Gasteiger partial charge in [-0.25, -0.2) is 28.7 Å². The number of amides is 1. The zero-order valence-corrected chi connectivity index (χ0v) is 37.4. The molecule has 0 aliphatic carbocycles. The molecule has 9 rings (SSSR count). The number of hydrogen-bond acceptors (Lipinski definition) is 14. The highest BCUT2D eigenvalue weighted by Crippen LogP contribution is 2.39. The first-order chi connectivity index (χ1) is 31.5. The van der Waals surface area contributed by atoms with Crippen LogP contribution in [0.1, 0.15) is 47.5 Å². The number of aryl methyl sites for hydroxylation is 2. The van der Waals surface area contributed by atoms with Gasteiger partial charge in [0.15, 0.2) is 34.6 Å². The maximum atomic E-state index is 14.5. The number of piperidine rings is 2. The fourth-order valence-corrected chi connectivity index (χ4v) is 8.03. The van der Waals surface area contributed by atoms with Crippen LogP contribution < -0.4 is 34.9 Å². The van der Waals surface area contributed by atoms with Crippen LogP contribution in [-0.4, -0.2) is 88.5 Å². The highest BCUT2D eigenvalue weighted by molar-refractivity contribution is 6.31. The van der Waals surface area contributed by atoms with E-state index in [2.05, 4.69) is 41.0 Å². The summed E-state index contributed by atoms with van der Waals surface area (Å²) >= 11 is 11.8. The topological polar surface area (TPSA) is 171 Å². The van der Waals surface area contributed by atoms with E-state index < -0.39 is 11.6 Å². The van der Waals surface area contributed by atoms with Crippen molar-refractivity contribution >= 4 is 73.9 Å². The molecule has 2 aliphatic rings. The van der Waals surface area contributed by atoms with Crippen LogP contribution in [0.2, 0.25) is 10.0 Å². The molecule has 0 saturated carbocycles. The molecule has 15 nitrogen and oxygen atoms in total. The van der Waals surface area contributed by atoms with Crippen molar-refractivity contribution in [2.24, 2.45) is 0 Å². The third kappa shape index (κ3) is 10.1. The fraction of sp³-hybridized carbons (Fsp3) is 0.304. The Kier molecular flexibility index (Phi) is 13.9. The van der Waals surface area contributed by atoms with E-state index in [0.29, 0.717) is 99.4 Å². The molecule has 19 heteroatoms. The predicted molar refractivity (Wildman–Crippen MR) is 244 cm³/mol. The highest BCUT2D eigenvalue weighted by Gasteiger charge is 2.29. The largest absolute Gasteiger partial charge is 0.493 e. The average molecular weight is 929 g/mol. The lowest BCUT2D eigenvalue weighted by molar-refractivity contribution is 0.0588. The van der Waals surface area contributed by atoms with Crippen LogP contribution in [-0.2, 0) is 0 Å². The number of nitrogens with one attached hydrogen (secondary N) is 3. The Bertz CT molecular complexity index is 2820. The lowest BCUT2D eigenvalue weighted by Crippen LogP contribution is -2.42. The first-order valence-corrected chi connectivity index (χ1v) is 21.6. The minimum absolute atomic E-state index is 0.00762. The number of ether oxygens (including phenoxy) is 4. The molecule has 2 saturated heterocycles. The molecule has 2 fully saturated rings. The van der Waals surface area contributed by atoms with Crippen LogP contribution >= 0.6 is 23.2 Å². The summed E-state index contributed by atoms with van der Waals surface area (Å²) in [6.07, 6.45) is 5.90. The van der Waals surface area contributed by atoms with Gasteiger partial charge in [0.1, 0.15) is 47.8 Å². The number of hydrogen-bond donors (Lipinski definition) is 3. The Balaban J connectivity index is 0.000000184. The number of anilines is 4. The second-order valence-electron chi connectivity index (χ2n) is 15.3. The molecule has 4 aromatic carbocycles. The average Bonchev–Trinajstić information content (AvgIpc) is 3.66. The Morgan fingerprint density at radius 2 is 1.22 bits per heavy atom. The summed E-state index contributed by atoms with van der Waals surface area (Å²) in [4.78, 5) is 32.0. The Labute approximate surface area is 382 Å². The number of nitrogens with zero attached hydrogens (tertiary/aromatic N) is 6. The number of likely N-dealkylation sites (tertiary alicyclic amines) is 1. The van der Waals surface area contributed by atoms with Gasteiger partial charge in [0.05, 0.1) is 52.4 Å². The second-order valence-corrected chi connectivity index (χ2v) is 16.1. The van der Waals surface area contributed by atoms with Crippen molar-refractivity contribution in [2.45, 2.75) is 51.7 Å². The molecule has 0 unspecified atom stereocenters. The molecule has 3 aromatic heterocycles. The van der Waals surface area contributed by atoms with Gasteiger partial charge in [-0.15, -0.1) is 0 Å². The van der Waals surface area contributed by atoms with E-state index in [9.17, 15) is 13.6 Å². The van der Waals surface area contributed by atoms with Crippen LogP contribution in [0.15, 0.2) is 77.8 Å². The first kappa shape index (κ1) is 45.0. The third-order valence-corrected chi connectivity index (χ3v) is 11.7. The normalized spacial score (nSPS) is 14.4. The number of fused-ring (bicyclic) bond motifs is 2. The lowest BCUT2D eigenvalue weighted by atomic mass is 10.1. The standard InChI is InChI=1S/C26H25ClFN5O4.C20H20ClFN4O2/c1-14-23(15(2)37-32-14)26(34)33-9-7-16(8-10-33)36-22-11-17-20(12-21(22)35-3)29-13-30-25(17)31-19-6-4-5-18(27)24(19)28;1-27-17-10-16-13(9-18(17)28-12-5-7-23-8-6-12)20(25-11-24-16)26-15-4-2-3-14(21)19(15)22/h4-6,11-13,16H,7-10H2,1-3H3,(H,29,30,31);2-4,9-12,23H,5-8H2,1H3,(H,24,25,26). The van der Waals surface area contributed by atoms with E-state index >= 15 is 0 Å². The molecule has 0 radical (unpaired) electrons. The van der Waals surface area contributed by atoms with Crippen LogP contribution in [0.25, 0.3) is 21.8 Å². The van der Waals surface area contributed by atoms with E-state index in [4.69, 9.17) is 46.7 Å². The first-order valence-electron chi connectivity index (χ1n) is 20.8. The molecule has 65 heavy (non-hydrogen) atoms. The van der Waals surface area contributed by atoms with Gasteiger partial charge >= 0.3 is 0 Å². The van der Waals surface area contributed by atoms with Crippen LogP contribution in [0, 0.1) is 25.5 Å². The number of rotatable bonds is 11. The highest BCUT2D eigenvalue weighted by atomic mass is 35.5. The number of methoxy groups -OCH3 is 2. The van der Waals surface area contributed by atoms with Gasteiger partial charge in [-0.2, -0.15) is 0 Å². The molecule has 7 aromatic rings. The molecule has 0 spiro atoms. The van der Waals surface area contributed by atoms with Gasteiger partial charge < -0.3 is 44.3 Å². The van der Waals surface area contributed by atoms with E-state index in [1.165, 1.54) is 24.8 Å². The van der Waals surface area contributed by atoms with Crippen LogP contribution in [0.3, 0.4) is 0 Å². The molecule has 0 bridgehead atoms. The number of carbonyl (C=O) groups is 1. The molecule has 0 atom stereocenters. The van der Waals surface area contributed by atoms with Crippen molar-refractivity contribution in [3.8, 4) is 23.0 Å². The van der Waals surface area contributed by atoms with Gasteiger partial charge in [-0.05, 0) is 76.2 Å². The maximum absolute atomic E-state index is 14.5. The summed E-state index contributed by atoms with van der Waals surface area (Å²) in [7, 11) is 3.15. The maximum Gasteiger partial charge on any atom is 0.259 e. The van der Waals surface area contributed by atoms with Crippen molar-refractivity contribution in [3.05, 3.63) is 112 Å². The Morgan fingerprint density at radius 3 is 1.68 bits per heavy atom. The van der Waals surface area contributed by atoms with E-state index in [0.717, 1.165) is 25.9 Å². The molecule has 3 N–H and O–H groups in total. The number of benzene rings is 4. The zero-order valence-electron chi connectivity index (χ0n) is 35.9. The molecular weight excluding hydrogens is 883 g/mol. The van der Waals surface area contributed by atoms with Gasteiger partial charge in [-0.3, -0.25) is 4.79 Å². The molecule has 1 amide bonds. The summed E-state index contributed by atoms with van der Waals surface area (Å²) in [5.41, 5.74) is 2.81. The van der Waals surface area contributed by atoms with Crippen molar-refractivity contribution in [3.63, 3.8) is 0 Å². The van der Waals surface area contributed by atoms with E-state index in [-0.39, 0.29) is 39.5 Å². The summed E-state index contributed by atoms with van der Waals surface area (Å²) < 4.78 is 57.5. The second kappa shape index (κ2) is 20.1. The van der Waals surface area contributed by atoms with Gasteiger partial charge in [0.25, 0.3) is 5.91 Å².